The molecule has 3 rings (SSSR count). The molecule has 6 heteroatoms. The smallest absolute Gasteiger partial charge is 0.229 e. The Morgan fingerprint density at radius 3 is 2.42 bits per heavy atom. The van der Waals surface area contributed by atoms with Gasteiger partial charge in [-0.3, -0.25) is 19.3 Å². The Morgan fingerprint density at radius 2 is 1.79 bits per heavy atom. The molecule has 3 amide bonds. The summed E-state index contributed by atoms with van der Waals surface area (Å²) < 4.78 is 5.43. The second-order valence-corrected chi connectivity index (χ2v) is 5.62. The molecule has 1 aromatic heterocycles. The summed E-state index contributed by atoms with van der Waals surface area (Å²) in [5.41, 5.74) is 0.897. The number of carbonyl (C=O) groups is 3. The Hall–Kier alpha value is -2.89. The molecule has 1 aromatic carbocycles. The van der Waals surface area contributed by atoms with E-state index in [1.807, 2.05) is 30.3 Å². The summed E-state index contributed by atoms with van der Waals surface area (Å²) >= 11 is 0. The van der Waals surface area contributed by atoms with Crippen molar-refractivity contribution in [1.29, 1.82) is 0 Å². The van der Waals surface area contributed by atoms with Gasteiger partial charge in [0.1, 0.15) is 11.8 Å². The number of likely N-dealkylation sites (tertiary alicyclic amines) is 1. The summed E-state index contributed by atoms with van der Waals surface area (Å²) in [6.07, 6.45) is 2.10. The lowest BCUT2D eigenvalue weighted by Crippen LogP contribution is -2.35. The number of carbonyl (C=O) groups excluding carboxylic acids is 3. The van der Waals surface area contributed by atoms with Gasteiger partial charge in [0.15, 0.2) is 0 Å². The number of imide groups is 1. The number of amides is 3. The molecule has 1 N–H and O–H groups in total. The molecule has 0 saturated carbocycles. The Kier molecular flexibility index (Phi) is 4.74. The van der Waals surface area contributed by atoms with Crippen LogP contribution in [0.25, 0.3) is 0 Å². The molecule has 124 valence electrons. The predicted octanol–water partition coefficient (Wildman–Crippen LogP) is 2.02. The van der Waals surface area contributed by atoms with Crippen molar-refractivity contribution in [2.75, 3.05) is 6.54 Å². The lowest BCUT2D eigenvalue weighted by molar-refractivity contribution is -0.138. The lowest BCUT2D eigenvalue weighted by Gasteiger charge is -2.18. The zero-order valence-electron chi connectivity index (χ0n) is 13.1. The SMILES string of the molecule is O=C(CCN1C(=O)CCC1=O)NC(c1ccccc1)c1ccco1. The molecule has 0 radical (unpaired) electrons. The highest BCUT2D eigenvalue weighted by molar-refractivity contribution is 6.02. The topological polar surface area (TPSA) is 79.6 Å². The molecule has 1 saturated heterocycles. The summed E-state index contributed by atoms with van der Waals surface area (Å²) in [4.78, 5) is 36.6. The largest absolute Gasteiger partial charge is 0.467 e. The number of hydrogen-bond acceptors (Lipinski definition) is 4. The summed E-state index contributed by atoms with van der Waals surface area (Å²) in [6.45, 7) is 0.114. The monoisotopic (exact) mass is 326 g/mol. The molecule has 2 aromatic rings. The number of nitrogens with zero attached hydrogens (tertiary/aromatic N) is 1. The molecule has 24 heavy (non-hydrogen) atoms. The Labute approximate surface area is 139 Å². The van der Waals surface area contributed by atoms with Gasteiger partial charge < -0.3 is 9.73 Å². The fraction of sp³-hybridized carbons (Fsp3) is 0.278. The summed E-state index contributed by atoms with van der Waals surface area (Å²) in [7, 11) is 0. The molecular formula is C18H18N2O4. The molecule has 1 fully saturated rings. The molecule has 1 aliphatic heterocycles. The number of hydrogen-bond donors (Lipinski definition) is 1. The molecule has 0 bridgehead atoms. The average molecular weight is 326 g/mol. The van der Waals surface area contributed by atoms with Crippen LogP contribution in [0.1, 0.15) is 36.6 Å². The minimum Gasteiger partial charge on any atom is -0.467 e. The quantitative estimate of drug-likeness (QED) is 0.824. The van der Waals surface area contributed by atoms with Gasteiger partial charge in [-0.05, 0) is 17.7 Å². The molecule has 6 nitrogen and oxygen atoms in total. The van der Waals surface area contributed by atoms with Crippen molar-refractivity contribution in [3.63, 3.8) is 0 Å². The van der Waals surface area contributed by atoms with Crippen LogP contribution in [0, 0.1) is 0 Å². The number of furan rings is 1. The second-order valence-electron chi connectivity index (χ2n) is 5.62. The number of benzene rings is 1. The zero-order chi connectivity index (χ0) is 16.9. The normalized spacial score (nSPS) is 15.6. The molecular weight excluding hydrogens is 308 g/mol. The van der Waals surface area contributed by atoms with Crippen LogP contribution in [-0.2, 0) is 14.4 Å². The standard InChI is InChI=1S/C18H18N2O4/c21-15(10-11-20-16(22)8-9-17(20)23)19-18(14-7-4-12-24-14)13-5-2-1-3-6-13/h1-7,12,18H,8-11H2,(H,19,21). The molecule has 0 spiro atoms. The van der Waals surface area contributed by atoms with E-state index in [1.54, 1.807) is 18.4 Å². The van der Waals surface area contributed by atoms with Gasteiger partial charge in [-0.1, -0.05) is 30.3 Å². The summed E-state index contributed by atoms with van der Waals surface area (Å²) in [6, 6.07) is 12.6. The van der Waals surface area contributed by atoms with Crippen LogP contribution in [0.2, 0.25) is 0 Å². The lowest BCUT2D eigenvalue weighted by atomic mass is 10.0. The van der Waals surface area contributed by atoms with E-state index in [9.17, 15) is 14.4 Å². The predicted molar refractivity (Wildman–Crippen MR) is 85.7 cm³/mol. The first kappa shape index (κ1) is 16.0. The molecule has 1 aliphatic rings. The van der Waals surface area contributed by atoms with E-state index in [0.29, 0.717) is 5.76 Å². The van der Waals surface area contributed by atoms with Crippen LogP contribution in [0.3, 0.4) is 0 Å². The van der Waals surface area contributed by atoms with Crippen molar-refractivity contribution in [2.24, 2.45) is 0 Å². The van der Waals surface area contributed by atoms with E-state index < -0.39 is 6.04 Å². The summed E-state index contributed by atoms with van der Waals surface area (Å²) in [5, 5.41) is 2.91. The number of nitrogens with one attached hydrogen (secondary N) is 1. The molecule has 2 heterocycles. The minimum atomic E-state index is -0.404. The summed E-state index contributed by atoms with van der Waals surface area (Å²) in [5.74, 6) is -0.0347. The Balaban J connectivity index is 1.66. The van der Waals surface area contributed by atoms with Gasteiger partial charge in [0.05, 0.1) is 6.26 Å². The van der Waals surface area contributed by atoms with E-state index in [4.69, 9.17) is 4.42 Å². The van der Waals surface area contributed by atoms with E-state index in [0.717, 1.165) is 10.5 Å². The van der Waals surface area contributed by atoms with Crippen molar-refractivity contribution in [1.82, 2.24) is 10.2 Å². The fourth-order valence-corrected chi connectivity index (χ4v) is 2.74. The molecule has 1 atom stereocenters. The number of rotatable bonds is 6. The maximum atomic E-state index is 12.3. The van der Waals surface area contributed by atoms with Crippen molar-refractivity contribution in [2.45, 2.75) is 25.3 Å². The highest BCUT2D eigenvalue weighted by atomic mass is 16.3. The van der Waals surface area contributed by atoms with Gasteiger partial charge in [0.25, 0.3) is 0 Å². The highest BCUT2D eigenvalue weighted by Crippen LogP contribution is 2.22. The van der Waals surface area contributed by atoms with Crippen LogP contribution in [-0.4, -0.2) is 29.2 Å². The first-order valence-corrected chi connectivity index (χ1v) is 7.86. The van der Waals surface area contributed by atoms with Crippen LogP contribution in [0.5, 0.6) is 0 Å². The fourth-order valence-electron chi connectivity index (χ4n) is 2.74. The molecule has 1 unspecified atom stereocenters. The van der Waals surface area contributed by atoms with Gasteiger partial charge in [-0.2, -0.15) is 0 Å². The average Bonchev–Trinajstić information content (AvgIpc) is 3.23. The van der Waals surface area contributed by atoms with Crippen molar-refractivity contribution in [3.8, 4) is 0 Å². The van der Waals surface area contributed by atoms with Crippen LogP contribution >= 0.6 is 0 Å². The third-order valence-corrected chi connectivity index (χ3v) is 3.98. The third-order valence-electron chi connectivity index (χ3n) is 3.98. The minimum absolute atomic E-state index is 0.0710. The Bertz CT molecular complexity index is 709. The van der Waals surface area contributed by atoms with Crippen LogP contribution in [0.4, 0.5) is 0 Å². The van der Waals surface area contributed by atoms with Crippen molar-refractivity contribution < 1.29 is 18.8 Å². The van der Waals surface area contributed by atoms with Crippen molar-refractivity contribution in [3.05, 3.63) is 60.1 Å². The van der Waals surface area contributed by atoms with Crippen LogP contribution in [0.15, 0.2) is 53.1 Å². The van der Waals surface area contributed by atoms with E-state index in [-0.39, 0.29) is 43.5 Å². The van der Waals surface area contributed by atoms with Gasteiger partial charge in [-0.15, -0.1) is 0 Å². The van der Waals surface area contributed by atoms with Gasteiger partial charge >= 0.3 is 0 Å². The van der Waals surface area contributed by atoms with E-state index >= 15 is 0 Å². The zero-order valence-corrected chi connectivity index (χ0v) is 13.1. The van der Waals surface area contributed by atoms with Gasteiger partial charge in [0.2, 0.25) is 17.7 Å². The van der Waals surface area contributed by atoms with Gasteiger partial charge in [0, 0.05) is 25.8 Å². The maximum Gasteiger partial charge on any atom is 0.229 e. The first-order valence-electron chi connectivity index (χ1n) is 7.86. The van der Waals surface area contributed by atoms with E-state index in [1.165, 1.54) is 0 Å². The van der Waals surface area contributed by atoms with Crippen molar-refractivity contribution >= 4 is 17.7 Å². The maximum absolute atomic E-state index is 12.3. The highest BCUT2D eigenvalue weighted by Gasteiger charge is 2.29. The third kappa shape index (κ3) is 3.53. The second kappa shape index (κ2) is 7.12. The van der Waals surface area contributed by atoms with Crippen LogP contribution < -0.4 is 5.32 Å². The first-order chi connectivity index (χ1) is 11.6. The van der Waals surface area contributed by atoms with Gasteiger partial charge in [-0.25, -0.2) is 0 Å². The Morgan fingerprint density at radius 1 is 1.08 bits per heavy atom. The van der Waals surface area contributed by atoms with E-state index in [2.05, 4.69) is 5.32 Å². The molecule has 0 aliphatic carbocycles.